The number of amides is 1. The Morgan fingerprint density at radius 1 is 1.15 bits per heavy atom. The number of aromatic nitrogens is 4. The SMILES string of the molecule is O=C(Cn1nnc(-c2cccc(C(F)(F)F)c2)n1)NCc1ccccc1Cl. The minimum Gasteiger partial charge on any atom is -0.350 e. The fourth-order valence-electron chi connectivity index (χ4n) is 2.28. The lowest BCUT2D eigenvalue weighted by Gasteiger charge is -2.07. The summed E-state index contributed by atoms with van der Waals surface area (Å²) in [6, 6.07) is 11.7. The predicted octanol–water partition coefficient (Wildman–Crippen LogP) is 3.33. The highest BCUT2D eigenvalue weighted by molar-refractivity contribution is 6.31. The van der Waals surface area contributed by atoms with Crippen LogP contribution in [-0.2, 0) is 24.1 Å². The molecular formula is C17H13ClF3N5O. The van der Waals surface area contributed by atoms with Crippen LogP contribution in [0.5, 0.6) is 0 Å². The molecule has 0 atom stereocenters. The number of hydrogen-bond donors (Lipinski definition) is 1. The zero-order valence-corrected chi connectivity index (χ0v) is 14.5. The first-order valence-corrected chi connectivity index (χ1v) is 8.16. The molecule has 0 bridgehead atoms. The van der Waals surface area contributed by atoms with Crippen LogP contribution in [0.25, 0.3) is 11.4 Å². The molecule has 2 aromatic carbocycles. The molecule has 27 heavy (non-hydrogen) atoms. The third-order valence-electron chi connectivity index (χ3n) is 3.62. The zero-order chi connectivity index (χ0) is 19.4. The molecule has 6 nitrogen and oxygen atoms in total. The van der Waals surface area contributed by atoms with Crippen molar-refractivity contribution in [2.75, 3.05) is 0 Å². The summed E-state index contributed by atoms with van der Waals surface area (Å²) >= 11 is 6.01. The maximum atomic E-state index is 12.8. The van der Waals surface area contributed by atoms with Gasteiger partial charge >= 0.3 is 6.18 Å². The number of rotatable bonds is 5. The molecule has 3 aromatic rings. The van der Waals surface area contributed by atoms with E-state index in [1.807, 2.05) is 0 Å². The van der Waals surface area contributed by atoms with Gasteiger partial charge in [0.15, 0.2) is 0 Å². The average molecular weight is 396 g/mol. The van der Waals surface area contributed by atoms with Gasteiger partial charge in [0.2, 0.25) is 11.7 Å². The van der Waals surface area contributed by atoms with Gasteiger partial charge in [-0.1, -0.05) is 41.9 Å². The van der Waals surface area contributed by atoms with Crippen LogP contribution < -0.4 is 5.32 Å². The van der Waals surface area contributed by atoms with E-state index >= 15 is 0 Å². The van der Waals surface area contributed by atoms with Crippen molar-refractivity contribution in [2.24, 2.45) is 0 Å². The third kappa shape index (κ3) is 4.82. The maximum absolute atomic E-state index is 12.8. The summed E-state index contributed by atoms with van der Waals surface area (Å²) in [5.74, 6) is -0.386. The molecule has 0 aliphatic rings. The van der Waals surface area contributed by atoms with Gasteiger partial charge in [0.25, 0.3) is 0 Å². The van der Waals surface area contributed by atoms with Crippen LogP contribution in [0.4, 0.5) is 13.2 Å². The number of nitrogens with one attached hydrogen (secondary N) is 1. The highest BCUT2D eigenvalue weighted by Gasteiger charge is 2.30. The first kappa shape index (κ1) is 18.8. The van der Waals surface area contributed by atoms with E-state index in [-0.39, 0.29) is 30.4 Å². The molecule has 0 unspecified atom stereocenters. The maximum Gasteiger partial charge on any atom is 0.416 e. The van der Waals surface area contributed by atoms with Gasteiger partial charge in [-0.15, -0.1) is 10.2 Å². The largest absolute Gasteiger partial charge is 0.416 e. The van der Waals surface area contributed by atoms with E-state index in [1.165, 1.54) is 12.1 Å². The topological polar surface area (TPSA) is 72.7 Å². The predicted molar refractivity (Wildman–Crippen MR) is 91.6 cm³/mol. The van der Waals surface area contributed by atoms with Crippen LogP contribution in [0.3, 0.4) is 0 Å². The van der Waals surface area contributed by atoms with Gasteiger partial charge in [-0.25, -0.2) is 0 Å². The van der Waals surface area contributed by atoms with Gasteiger partial charge in [-0.05, 0) is 29.0 Å². The van der Waals surface area contributed by atoms with Crippen molar-refractivity contribution in [2.45, 2.75) is 19.3 Å². The molecule has 1 heterocycles. The first-order valence-electron chi connectivity index (χ1n) is 7.78. The number of halogens is 4. The molecule has 0 fully saturated rings. The molecular weight excluding hydrogens is 383 g/mol. The van der Waals surface area contributed by atoms with Crippen molar-refractivity contribution >= 4 is 17.5 Å². The number of carbonyl (C=O) groups excluding carboxylic acids is 1. The van der Waals surface area contributed by atoms with Crippen LogP contribution in [-0.4, -0.2) is 26.1 Å². The minimum atomic E-state index is -4.47. The number of nitrogens with zero attached hydrogens (tertiary/aromatic N) is 4. The molecule has 1 N–H and O–H groups in total. The molecule has 140 valence electrons. The van der Waals surface area contributed by atoms with Gasteiger partial charge in [-0.2, -0.15) is 18.0 Å². The summed E-state index contributed by atoms with van der Waals surface area (Å²) in [6.45, 7) is 0.00407. The van der Waals surface area contributed by atoms with E-state index in [1.54, 1.807) is 24.3 Å². The quantitative estimate of drug-likeness (QED) is 0.719. The molecule has 1 amide bonds. The summed E-state index contributed by atoms with van der Waals surface area (Å²) < 4.78 is 38.4. The molecule has 0 aliphatic carbocycles. The molecule has 0 radical (unpaired) electrons. The Hall–Kier alpha value is -2.94. The number of alkyl halides is 3. The summed E-state index contributed by atoms with van der Waals surface area (Å²) in [5.41, 5.74) is 0.102. The average Bonchev–Trinajstić information content (AvgIpc) is 3.09. The molecule has 3 rings (SSSR count). The lowest BCUT2D eigenvalue weighted by Crippen LogP contribution is -2.28. The van der Waals surface area contributed by atoms with Crippen molar-refractivity contribution < 1.29 is 18.0 Å². The van der Waals surface area contributed by atoms with Crippen LogP contribution in [0.15, 0.2) is 48.5 Å². The van der Waals surface area contributed by atoms with Crippen LogP contribution in [0, 0.1) is 0 Å². The molecule has 1 aromatic heterocycles. The number of tetrazole rings is 1. The first-order chi connectivity index (χ1) is 12.8. The molecule has 0 spiro atoms. The van der Waals surface area contributed by atoms with Gasteiger partial charge < -0.3 is 5.32 Å². The highest BCUT2D eigenvalue weighted by Crippen LogP contribution is 2.31. The van der Waals surface area contributed by atoms with Crippen molar-refractivity contribution in [3.05, 3.63) is 64.7 Å². The Balaban J connectivity index is 1.64. The summed E-state index contributed by atoms with van der Waals surface area (Å²) in [6.07, 6.45) is -4.47. The normalized spacial score (nSPS) is 11.4. The Morgan fingerprint density at radius 3 is 2.67 bits per heavy atom. The fourth-order valence-corrected chi connectivity index (χ4v) is 2.48. The Labute approximate surface area is 157 Å². The fraction of sp³-hybridized carbons (Fsp3) is 0.176. The number of hydrogen-bond acceptors (Lipinski definition) is 4. The van der Waals surface area contributed by atoms with E-state index in [4.69, 9.17) is 11.6 Å². The molecule has 10 heteroatoms. The molecule has 0 saturated carbocycles. The van der Waals surface area contributed by atoms with Gasteiger partial charge in [-0.3, -0.25) is 4.79 Å². The third-order valence-corrected chi connectivity index (χ3v) is 3.99. The monoisotopic (exact) mass is 395 g/mol. The Bertz CT molecular complexity index is 957. The second-order valence-corrected chi connectivity index (χ2v) is 6.00. The van der Waals surface area contributed by atoms with Crippen LogP contribution in [0.2, 0.25) is 5.02 Å². The van der Waals surface area contributed by atoms with Crippen molar-refractivity contribution in [1.29, 1.82) is 0 Å². The highest BCUT2D eigenvalue weighted by atomic mass is 35.5. The zero-order valence-electron chi connectivity index (χ0n) is 13.7. The Morgan fingerprint density at radius 2 is 1.93 bits per heavy atom. The van der Waals surface area contributed by atoms with Crippen LogP contribution in [0.1, 0.15) is 11.1 Å². The van der Waals surface area contributed by atoms with E-state index in [2.05, 4.69) is 20.7 Å². The van der Waals surface area contributed by atoms with Gasteiger partial charge in [0.1, 0.15) is 6.54 Å². The van der Waals surface area contributed by atoms with E-state index in [0.29, 0.717) is 5.02 Å². The standard InChI is InChI=1S/C17H13ClF3N5O/c18-14-7-2-1-4-12(14)9-22-15(27)10-26-24-16(23-25-26)11-5-3-6-13(8-11)17(19,20)21/h1-8H,9-10H2,(H,22,27). The van der Waals surface area contributed by atoms with Gasteiger partial charge in [0, 0.05) is 17.1 Å². The lowest BCUT2D eigenvalue weighted by molar-refractivity contribution is -0.137. The van der Waals surface area contributed by atoms with Crippen LogP contribution >= 0.6 is 11.6 Å². The molecule has 0 aliphatic heterocycles. The summed E-state index contributed by atoms with van der Waals surface area (Å²) in [4.78, 5) is 13.0. The lowest BCUT2D eigenvalue weighted by atomic mass is 10.1. The Kier molecular flexibility index (Phi) is 5.41. The molecule has 0 saturated heterocycles. The summed E-state index contributed by atoms with van der Waals surface area (Å²) in [5, 5.41) is 14.6. The second kappa shape index (κ2) is 7.75. The van der Waals surface area contributed by atoms with Crippen molar-refractivity contribution in [3.63, 3.8) is 0 Å². The summed E-state index contributed by atoms with van der Waals surface area (Å²) in [7, 11) is 0. The van der Waals surface area contributed by atoms with Crippen molar-refractivity contribution in [1.82, 2.24) is 25.5 Å². The number of carbonyl (C=O) groups is 1. The van der Waals surface area contributed by atoms with E-state index in [0.717, 1.165) is 22.5 Å². The van der Waals surface area contributed by atoms with Gasteiger partial charge in [0.05, 0.1) is 5.56 Å². The van der Waals surface area contributed by atoms with E-state index < -0.39 is 11.7 Å². The smallest absolute Gasteiger partial charge is 0.350 e. The minimum absolute atomic E-state index is 0.00000354. The second-order valence-electron chi connectivity index (χ2n) is 5.59. The van der Waals surface area contributed by atoms with E-state index in [9.17, 15) is 18.0 Å². The number of benzene rings is 2. The van der Waals surface area contributed by atoms with Crippen molar-refractivity contribution in [3.8, 4) is 11.4 Å².